The van der Waals surface area contributed by atoms with Crippen LogP contribution in [-0.4, -0.2) is 30.9 Å². The molecule has 7 heteroatoms. The van der Waals surface area contributed by atoms with Crippen molar-refractivity contribution in [3.05, 3.63) is 46.5 Å². The Labute approximate surface area is 161 Å². The number of carbonyl (C=O) groups excluding carboxylic acids is 1. The number of rotatable bonds is 2. The average molecular weight is 380 g/mol. The summed E-state index contributed by atoms with van der Waals surface area (Å²) >= 11 is 0. The third kappa shape index (κ3) is 2.16. The minimum Gasteiger partial charge on any atom is -0.454 e. The molecule has 4 aliphatic rings. The second kappa shape index (κ2) is 5.78. The predicted octanol–water partition coefficient (Wildman–Crippen LogP) is 2.22. The zero-order chi connectivity index (χ0) is 18.8. The van der Waals surface area contributed by atoms with Crippen molar-refractivity contribution >= 4 is 5.91 Å². The Kier molecular flexibility index (Phi) is 3.32. The summed E-state index contributed by atoms with van der Waals surface area (Å²) in [7, 11) is 0. The van der Waals surface area contributed by atoms with Crippen LogP contribution in [0.2, 0.25) is 0 Å². The van der Waals surface area contributed by atoms with Crippen molar-refractivity contribution in [2.45, 2.75) is 31.3 Å². The molecule has 0 saturated carbocycles. The van der Waals surface area contributed by atoms with Crippen LogP contribution in [0, 0.1) is 0 Å². The summed E-state index contributed by atoms with van der Waals surface area (Å²) in [6.07, 6.45) is 1.80. The lowest BCUT2D eigenvalue weighted by Gasteiger charge is -2.48. The molecule has 2 unspecified atom stereocenters. The number of nitrogens with two attached hydrogens (primary N) is 1. The average Bonchev–Trinajstić information content (AvgIpc) is 3.33. The zero-order valence-electron chi connectivity index (χ0n) is 15.3. The van der Waals surface area contributed by atoms with Crippen molar-refractivity contribution in [2.75, 3.05) is 20.1 Å². The molecular weight excluding hydrogens is 360 g/mol. The van der Waals surface area contributed by atoms with Crippen LogP contribution in [0.25, 0.3) is 0 Å². The number of carbonyl (C=O) groups is 1. The maximum Gasteiger partial charge on any atom is 0.231 e. The highest BCUT2D eigenvalue weighted by atomic mass is 16.7. The van der Waals surface area contributed by atoms with E-state index in [0.29, 0.717) is 13.0 Å². The summed E-state index contributed by atoms with van der Waals surface area (Å²) in [6.45, 7) is 0.824. The van der Waals surface area contributed by atoms with E-state index < -0.39 is 0 Å². The number of hydrogen-bond acceptors (Lipinski definition) is 6. The Morgan fingerprint density at radius 3 is 1.79 bits per heavy atom. The Hall–Kier alpha value is -2.93. The number of amides is 1. The first-order valence-corrected chi connectivity index (χ1v) is 9.59. The lowest BCUT2D eigenvalue weighted by Crippen LogP contribution is -2.46. The smallest absolute Gasteiger partial charge is 0.231 e. The molecule has 2 aromatic carbocycles. The number of fused-ring (bicyclic) bond motifs is 8. The van der Waals surface area contributed by atoms with Crippen LogP contribution in [0.1, 0.15) is 40.8 Å². The van der Waals surface area contributed by atoms with Gasteiger partial charge in [0, 0.05) is 13.0 Å². The van der Waals surface area contributed by atoms with Gasteiger partial charge in [-0.15, -0.1) is 0 Å². The molecule has 2 atom stereocenters. The normalized spacial score (nSPS) is 22.7. The van der Waals surface area contributed by atoms with E-state index in [2.05, 4.69) is 12.1 Å². The lowest BCUT2D eigenvalue weighted by molar-refractivity contribution is -0.137. The lowest BCUT2D eigenvalue weighted by atomic mass is 9.76. The Morgan fingerprint density at radius 1 is 0.857 bits per heavy atom. The molecule has 0 aliphatic carbocycles. The molecule has 4 heterocycles. The second-order valence-electron chi connectivity index (χ2n) is 7.59. The van der Waals surface area contributed by atoms with Gasteiger partial charge in [-0.25, -0.2) is 0 Å². The summed E-state index contributed by atoms with van der Waals surface area (Å²) in [4.78, 5) is 15.0. The van der Waals surface area contributed by atoms with Crippen LogP contribution >= 0.6 is 0 Å². The fraction of sp³-hybridized carbons (Fsp3) is 0.381. The summed E-state index contributed by atoms with van der Waals surface area (Å²) in [5.74, 6) is 3.15. The maximum absolute atomic E-state index is 13.0. The van der Waals surface area contributed by atoms with E-state index in [1.165, 1.54) is 11.1 Å². The second-order valence-corrected chi connectivity index (χ2v) is 7.59. The third-order valence-electron chi connectivity index (χ3n) is 6.13. The molecule has 0 saturated heterocycles. The third-order valence-corrected chi connectivity index (χ3v) is 6.13. The molecule has 0 fully saturated rings. The van der Waals surface area contributed by atoms with Gasteiger partial charge in [-0.2, -0.15) is 0 Å². The van der Waals surface area contributed by atoms with E-state index in [4.69, 9.17) is 24.7 Å². The molecule has 1 amide bonds. The molecule has 2 bridgehead atoms. The topological polar surface area (TPSA) is 83.3 Å². The first-order chi connectivity index (χ1) is 13.7. The van der Waals surface area contributed by atoms with E-state index in [1.807, 2.05) is 17.0 Å². The number of ether oxygens (including phenoxy) is 4. The highest BCUT2D eigenvalue weighted by Crippen LogP contribution is 2.52. The number of nitrogens with zero attached hydrogens (tertiary/aromatic N) is 1. The van der Waals surface area contributed by atoms with Gasteiger partial charge in [-0.05, 0) is 59.4 Å². The van der Waals surface area contributed by atoms with Crippen LogP contribution in [0.4, 0.5) is 0 Å². The number of hydrogen-bond donors (Lipinski definition) is 1. The van der Waals surface area contributed by atoms with Crippen LogP contribution in [0.3, 0.4) is 0 Å². The van der Waals surface area contributed by atoms with Gasteiger partial charge < -0.3 is 29.6 Å². The summed E-state index contributed by atoms with van der Waals surface area (Å²) in [5.41, 5.74) is 10.4. The maximum atomic E-state index is 13.0. The van der Waals surface area contributed by atoms with E-state index in [1.54, 1.807) is 0 Å². The Bertz CT molecular complexity index is 933. The van der Waals surface area contributed by atoms with Gasteiger partial charge in [-0.1, -0.05) is 0 Å². The molecule has 144 valence electrons. The van der Waals surface area contributed by atoms with Gasteiger partial charge in [0.2, 0.25) is 19.5 Å². The highest BCUT2D eigenvalue weighted by Gasteiger charge is 2.44. The van der Waals surface area contributed by atoms with Gasteiger partial charge >= 0.3 is 0 Å². The van der Waals surface area contributed by atoms with Crippen molar-refractivity contribution in [1.82, 2.24) is 4.90 Å². The van der Waals surface area contributed by atoms with Crippen molar-refractivity contribution in [3.8, 4) is 23.0 Å². The van der Waals surface area contributed by atoms with Crippen LogP contribution < -0.4 is 24.7 Å². The molecule has 6 rings (SSSR count). The van der Waals surface area contributed by atoms with Crippen molar-refractivity contribution in [2.24, 2.45) is 5.73 Å². The summed E-state index contributed by atoms with van der Waals surface area (Å²) in [5, 5.41) is 0. The van der Waals surface area contributed by atoms with E-state index in [-0.39, 0.29) is 31.6 Å². The quantitative estimate of drug-likeness (QED) is 0.860. The molecular formula is C21H20N2O5. The standard InChI is InChI=1S/C21H20N2O5/c22-2-1-21(24)23-15-3-11-5-17-19(27-9-25-17)7-13(11)16(23)4-12-6-18-20(8-14(12)15)28-10-26-18/h5-8,15-16H,1-4,9-10,22H2. The number of benzene rings is 2. The largest absolute Gasteiger partial charge is 0.454 e. The molecule has 0 spiro atoms. The molecule has 28 heavy (non-hydrogen) atoms. The van der Waals surface area contributed by atoms with E-state index in [0.717, 1.165) is 47.0 Å². The van der Waals surface area contributed by atoms with Crippen LogP contribution in [0.15, 0.2) is 24.3 Å². The van der Waals surface area contributed by atoms with E-state index >= 15 is 0 Å². The van der Waals surface area contributed by atoms with Gasteiger partial charge in [0.05, 0.1) is 12.1 Å². The fourth-order valence-electron chi connectivity index (χ4n) is 4.92. The fourth-order valence-corrected chi connectivity index (χ4v) is 4.92. The molecule has 2 N–H and O–H groups in total. The minimum atomic E-state index is -0.0461. The van der Waals surface area contributed by atoms with Gasteiger partial charge in [0.25, 0.3) is 0 Å². The van der Waals surface area contributed by atoms with Gasteiger partial charge in [-0.3, -0.25) is 4.79 Å². The van der Waals surface area contributed by atoms with Crippen molar-refractivity contribution in [3.63, 3.8) is 0 Å². The minimum absolute atomic E-state index is 0.0461. The van der Waals surface area contributed by atoms with Gasteiger partial charge in [0.15, 0.2) is 23.0 Å². The van der Waals surface area contributed by atoms with Crippen LogP contribution in [0.5, 0.6) is 23.0 Å². The molecule has 7 nitrogen and oxygen atoms in total. The molecule has 0 aromatic heterocycles. The molecule has 2 aromatic rings. The van der Waals surface area contributed by atoms with Crippen molar-refractivity contribution in [1.29, 1.82) is 0 Å². The van der Waals surface area contributed by atoms with Gasteiger partial charge in [0.1, 0.15) is 0 Å². The molecule has 0 radical (unpaired) electrons. The molecule has 4 aliphatic heterocycles. The van der Waals surface area contributed by atoms with Crippen molar-refractivity contribution < 1.29 is 23.7 Å². The Morgan fingerprint density at radius 2 is 1.32 bits per heavy atom. The SMILES string of the molecule is NCCC(=O)N1C2Cc3cc4c(cc3C1Cc1cc3c(cc12)OCO3)OCO4. The highest BCUT2D eigenvalue weighted by molar-refractivity contribution is 5.79. The van der Waals surface area contributed by atoms with Crippen LogP contribution in [-0.2, 0) is 17.6 Å². The zero-order valence-corrected chi connectivity index (χ0v) is 15.3. The predicted molar refractivity (Wildman–Crippen MR) is 98.5 cm³/mol. The summed E-state index contributed by atoms with van der Waals surface area (Å²) < 4.78 is 22.3. The van der Waals surface area contributed by atoms with E-state index in [9.17, 15) is 4.79 Å². The summed E-state index contributed by atoms with van der Waals surface area (Å²) in [6, 6.07) is 8.13. The first kappa shape index (κ1) is 16.1. The first-order valence-electron chi connectivity index (χ1n) is 9.59. The Balaban J connectivity index is 1.51. The monoisotopic (exact) mass is 380 g/mol.